The third kappa shape index (κ3) is 23.1. The van der Waals surface area contributed by atoms with Crippen LogP contribution in [-0.4, -0.2) is 108 Å². The summed E-state index contributed by atoms with van der Waals surface area (Å²) in [4.78, 5) is 74.3. The summed E-state index contributed by atoms with van der Waals surface area (Å²) in [6, 6.07) is 5.03. The van der Waals surface area contributed by atoms with Crippen LogP contribution in [0, 0.1) is 5.92 Å². The van der Waals surface area contributed by atoms with Crippen molar-refractivity contribution in [3.8, 4) is 5.75 Å². The number of hydrogen-bond donors (Lipinski definition) is 4. The number of methoxy groups -OCH3 is 1. The van der Waals surface area contributed by atoms with Crippen molar-refractivity contribution in [3.63, 3.8) is 0 Å². The van der Waals surface area contributed by atoms with E-state index in [1.807, 2.05) is 18.2 Å². The number of benzene rings is 1. The molecule has 16 nitrogen and oxygen atoms in total. The number of alkyl carbamates (subject to hydrolysis) is 1. The van der Waals surface area contributed by atoms with Crippen molar-refractivity contribution in [1.82, 2.24) is 16.0 Å². The van der Waals surface area contributed by atoms with Gasteiger partial charge in [0.05, 0.1) is 62.5 Å². The van der Waals surface area contributed by atoms with Crippen molar-refractivity contribution in [1.29, 1.82) is 0 Å². The highest BCUT2D eigenvalue weighted by Gasteiger charge is 2.39. The predicted octanol–water partition coefficient (Wildman–Crippen LogP) is 6.31. The fourth-order valence-electron chi connectivity index (χ4n) is 4.84. The van der Waals surface area contributed by atoms with Gasteiger partial charge in [-0.2, -0.15) is 0 Å². The van der Waals surface area contributed by atoms with Gasteiger partial charge in [-0.1, -0.05) is 33.8 Å². The van der Waals surface area contributed by atoms with Gasteiger partial charge < -0.3 is 49.4 Å². The summed E-state index contributed by atoms with van der Waals surface area (Å²) in [6.07, 6.45) is 1.14. The van der Waals surface area contributed by atoms with Crippen LogP contribution in [0.4, 0.5) is 10.5 Å². The highest BCUT2D eigenvalue weighted by molar-refractivity contribution is 9.12. The van der Waals surface area contributed by atoms with Gasteiger partial charge in [0.1, 0.15) is 17.0 Å². The zero-order valence-corrected chi connectivity index (χ0v) is 40.4. The van der Waals surface area contributed by atoms with E-state index in [-0.39, 0.29) is 80.2 Å². The van der Waals surface area contributed by atoms with Crippen molar-refractivity contribution in [2.45, 2.75) is 130 Å². The molecular formula is C42H69BrN4O12Si. The van der Waals surface area contributed by atoms with Crippen LogP contribution < -0.4 is 25.7 Å². The molecule has 0 radical (unpaired) electrons. The molecule has 2 atom stereocenters. The summed E-state index contributed by atoms with van der Waals surface area (Å²) >= 11 is 3.04. The molecule has 18 heteroatoms. The maximum Gasteiger partial charge on any atom is 0.407 e. The molecule has 340 valence electrons. The lowest BCUT2D eigenvalue weighted by atomic mass is 9.95. The summed E-state index contributed by atoms with van der Waals surface area (Å²) in [6.45, 7) is 24.1. The number of ether oxygens (including phenoxy) is 5. The minimum Gasteiger partial charge on any atom is -0.542 e. The van der Waals surface area contributed by atoms with E-state index in [2.05, 4.69) is 75.8 Å². The Kier molecular flexibility index (Phi) is 22.6. The van der Waals surface area contributed by atoms with Gasteiger partial charge in [0.2, 0.25) is 11.8 Å². The van der Waals surface area contributed by atoms with Crippen LogP contribution in [0.15, 0.2) is 28.8 Å². The van der Waals surface area contributed by atoms with Crippen LogP contribution in [0.2, 0.25) is 18.1 Å². The van der Waals surface area contributed by atoms with Crippen LogP contribution in [-0.2, 0) is 54.1 Å². The zero-order chi connectivity index (χ0) is 45.9. The quantitative estimate of drug-likeness (QED) is 0.0313. The van der Waals surface area contributed by atoms with Crippen LogP contribution in [0.3, 0.4) is 0 Å². The summed E-state index contributed by atoms with van der Waals surface area (Å²) in [7, 11) is -1.07. The molecule has 0 aliphatic rings. The van der Waals surface area contributed by atoms with Crippen molar-refractivity contribution in [2.24, 2.45) is 5.92 Å². The van der Waals surface area contributed by atoms with Crippen molar-refractivity contribution >= 4 is 65.7 Å². The third-order valence-corrected chi connectivity index (χ3v) is 13.8. The van der Waals surface area contributed by atoms with Crippen molar-refractivity contribution in [2.75, 3.05) is 51.9 Å². The second-order valence-electron chi connectivity index (χ2n) is 17.8. The molecule has 0 fully saturated rings. The smallest absolute Gasteiger partial charge is 0.407 e. The number of carbonyl (C=O) groups excluding carboxylic acids is 6. The van der Waals surface area contributed by atoms with Crippen molar-refractivity contribution < 1.29 is 56.9 Å². The first-order valence-electron chi connectivity index (χ1n) is 20.1. The number of anilines is 1. The first-order valence-corrected chi connectivity index (χ1v) is 23.8. The summed E-state index contributed by atoms with van der Waals surface area (Å²) in [5, 5.41) is 10.9. The molecule has 1 aromatic rings. The molecule has 0 bridgehead atoms. The minimum absolute atomic E-state index is 0.00156. The van der Waals surface area contributed by atoms with E-state index in [0.29, 0.717) is 17.9 Å². The largest absolute Gasteiger partial charge is 0.542 e. The van der Waals surface area contributed by atoms with Gasteiger partial charge in [0.25, 0.3) is 14.2 Å². The lowest BCUT2D eigenvalue weighted by Crippen LogP contribution is -2.44. The van der Waals surface area contributed by atoms with E-state index in [1.165, 1.54) is 7.11 Å². The minimum atomic E-state index is -2.33. The Labute approximate surface area is 365 Å². The Morgan fingerprint density at radius 1 is 0.817 bits per heavy atom. The molecule has 0 heterocycles. The molecule has 0 saturated heterocycles. The van der Waals surface area contributed by atoms with E-state index in [0.717, 1.165) is 11.6 Å². The van der Waals surface area contributed by atoms with Crippen LogP contribution in [0.25, 0.3) is 0 Å². The Hall–Kier alpha value is -4.00. The lowest BCUT2D eigenvalue weighted by molar-refractivity contribution is -0.159. The molecule has 0 aliphatic heterocycles. The number of carbonyl (C=O) groups is 6. The summed E-state index contributed by atoms with van der Waals surface area (Å²) in [5.41, 5.74) is -0.124. The van der Waals surface area contributed by atoms with E-state index in [4.69, 9.17) is 23.4 Å². The number of halogens is 1. The Balaban J connectivity index is 2.89. The fourth-order valence-corrected chi connectivity index (χ4v) is 6.22. The van der Waals surface area contributed by atoms with Crippen LogP contribution >= 0.6 is 15.9 Å². The molecule has 0 spiro atoms. The molecular weight excluding hydrogens is 860 g/mol. The Bertz CT molecular complexity index is 1630. The van der Waals surface area contributed by atoms with Gasteiger partial charge in [-0.05, 0) is 106 Å². The zero-order valence-electron chi connectivity index (χ0n) is 37.8. The van der Waals surface area contributed by atoms with Gasteiger partial charge in [-0.3, -0.25) is 24.0 Å². The van der Waals surface area contributed by atoms with Crippen LogP contribution in [0.1, 0.15) is 94.1 Å². The van der Waals surface area contributed by atoms with E-state index in [9.17, 15) is 28.8 Å². The van der Waals surface area contributed by atoms with Gasteiger partial charge in [-0.15, -0.1) is 0 Å². The molecule has 4 amide bonds. The maximum absolute atomic E-state index is 13.2. The van der Waals surface area contributed by atoms with Gasteiger partial charge in [0, 0.05) is 25.2 Å². The normalized spacial score (nSPS) is 13.3. The number of amides is 4. The first-order chi connectivity index (χ1) is 27.6. The number of hydrogen-bond acceptors (Lipinski definition) is 12. The van der Waals surface area contributed by atoms with Gasteiger partial charge in [-0.25, -0.2) is 4.79 Å². The molecule has 1 aromatic carbocycles. The molecule has 4 N–H and O–H groups in total. The maximum atomic E-state index is 13.2. The average Bonchev–Trinajstić information content (AvgIpc) is 3.09. The lowest BCUT2D eigenvalue weighted by Gasteiger charge is -2.37. The van der Waals surface area contributed by atoms with E-state index in [1.54, 1.807) is 48.5 Å². The molecule has 0 saturated carbocycles. The highest BCUT2D eigenvalue weighted by atomic mass is 79.9. The molecule has 0 aliphatic carbocycles. The molecule has 1 rings (SSSR count). The molecule has 60 heavy (non-hydrogen) atoms. The third-order valence-electron chi connectivity index (χ3n) is 8.85. The summed E-state index contributed by atoms with van der Waals surface area (Å²) in [5.74, 6) is -2.20. The van der Waals surface area contributed by atoms with Crippen LogP contribution in [0.5, 0.6) is 5.75 Å². The number of nitrogens with one attached hydrogen (secondary N) is 4. The van der Waals surface area contributed by atoms with E-state index < -0.39 is 55.4 Å². The molecule has 0 aromatic heterocycles. The van der Waals surface area contributed by atoms with E-state index >= 15 is 0 Å². The predicted molar refractivity (Wildman–Crippen MR) is 235 cm³/mol. The summed E-state index contributed by atoms with van der Waals surface area (Å²) < 4.78 is 33.4. The topological polar surface area (TPSA) is 206 Å². The standard InChI is InChI=1S/C42H69BrN4O12Si/c1-28(38(52)57-40(2,3)4)24-30(46-39(53)58-41(5,6)7)25-29-14-15-33(59-60(12,13)42(8,9)10)32(26-29)47-34(48)17-20-55-22-23-56-21-19-44-35(49)27-31(43)37(51)45-18-16-36(50)54-11/h14-15,26-28,30H,16-25H2,1-13H3,(H,44,49)(H,45,51)(H,46,53)(H,47,48)/b31-27+/t28?,30-/m1/s1. The number of esters is 2. The average molecular weight is 930 g/mol. The van der Waals surface area contributed by atoms with Gasteiger partial charge >= 0.3 is 18.0 Å². The monoisotopic (exact) mass is 928 g/mol. The first kappa shape index (κ1) is 54.0. The van der Waals surface area contributed by atoms with Crippen molar-refractivity contribution in [3.05, 3.63) is 34.3 Å². The van der Waals surface area contributed by atoms with Gasteiger partial charge in [0.15, 0.2) is 0 Å². The molecule has 1 unspecified atom stereocenters. The number of rotatable bonds is 23. The fraction of sp³-hybridized carbons (Fsp3) is 0.667. The second-order valence-corrected chi connectivity index (χ2v) is 23.4. The Morgan fingerprint density at radius 2 is 1.43 bits per heavy atom. The second kappa shape index (κ2) is 25.1. The highest BCUT2D eigenvalue weighted by Crippen LogP contribution is 2.40. The Morgan fingerprint density at radius 3 is 2.02 bits per heavy atom. The SMILES string of the molecule is COC(=O)CCNC(=O)/C(Br)=C\C(=O)NCCOCCOCCC(=O)Nc1cc(C[C@@H](CC(C)C(=O)OC(C)(C)C)NC(=O)OC(C)(C)C)ccc1O[Si](C)(C)C(C)(C)C.